The summed E-state index contributed by atoms with van der Waals surface area (Å²) >= 11 is 0. The standard InChI is InChI=1S/C14H24N4O3S/c1-12-10-16(2)14(15-12)13-4-3-5-18(11-13)22(19,20)17-6-8-21-9-7-17/h10,13H,3-9,11H2,1-2H3. The van der Waals surface area contributed by atoms with Gasteiger partial charge in [0.1, 0.15) is 5.82 Å². The van der Waals surface area contributed by atoms with Crippen LogP contribution in [0.2, 0.25) is 0 Å². The largest absolute Gasteiger partial charge is 0.379 e. The summed E-state index contributed by atoms with van der Waals surface area (Å²) in [6.45, 7) is 4.94. The number of piperidine rings is 1. The lowest BCUT2D eigenvalue weighted by molar-refractivity contribution is 0.0695. The van der Waals surface area contributed by atoms with Crippen LogP contribution in [0.4, 0.5) is 0 Å². The van der Waals surface area contributed by atoms with Gasteiger partial charge in [-0.2, -0.15) is 17.0 Å². The number of hydrogen-bond acceptors (Lipinski definition) is 4. The van der Waals surface area contributed by atoms with Crippen LogP contribution in [-0.2, 0) is 22.0 Å². The molecule has 0 bridgehead atoms. The Morgan fingerprint density at radius 1 is 1.23 bits per heavy atom. The molecule has 0 amide bonds. The fraction of sp³-hybridized carbons (Fsp3) is 0.786. The average molecular weight is 328 g/mol. The van der Waals surface area contributed by atoms with Gasteiger partial charge in [-0.15, -0.1) is 0 Å². The molecule has 1 aromatic heterocycles. The minimum Gasteiger partial charge on any atom is -0.379 e. The van der Waals surface area contributed by atoms with Crippen molar-refractivity contribution >= 4 is 10.2 Å². The first-order chi connectivity index (χ1) is 10.5. The second-order valence-corrected chi connectivity index (χ2v) is 8.00. The molecule has 8 heteroatoms. The lowest BCUT2D eigenvalue weighted by Crippen LogP contribution is -2.51. The lowest BCUT2D eigenvalue weighted by Gasteiger charge is -2.36. The third-order valence-corrected chi connectivity index (χ3v) is 6.41. The molecule has 0 aromatic carbocycles. The number of morpholine rings is 1. The molecule has 7 nitrogen and oxygen atoms in total. The van der Waals surface area contributed by atoms with Crippen molar-refractivity contribution in [3.05, 3.63) is 17.7 Å². The predicted molar refractivity (Wildman–Crippen MR) is 82.8 cm³/mol. The molecule has 2 fully saturated rings. The number of hydrogen-bond donors (Lipinski definition) is 0. The highest BCUT2D eigenvalue weighted by Crippen LogP contribution is 2.28. The molecule has 124 valence electrons. The van der Waals surface area contributed by atoms with Crippen LogP contribution in [0.25, 0.3) is 0 Å². The molecule has 2 aliphatic rings. The van der Waals surface area contributed by atoms with Gasteiger partial charge in [0.2, 0.25) is 0 Å². The highest BCUT2D eigenvalue weighted by Gasteiger charge is 2.35. The van der Waals surface area contributed by atoms with E-state index in [0.717, 1.165) is 24.4 Å². The quantitative estimate of drug-likeness (QED) is 0.810. The van der Waals surface area contributed by atoms with Crippen LogP contribution in [0.15, 0.2) is 6.20 Å². The molecule has 3 heterocycles. The maximum Gasteiger partial charge on any atom is 0.282 e. The first-order valence-corrected chi connectivity index (χ1v) is 9.21. The van der Waals surface area contributed by atoms with Crippen molar-refractivity contribution in [3.8, 4) is 0 Å². The first kappa shape index (κ1) is 15.9. The molecule has 0 radical (unpaired) electrons. The number of rotatable bonds is 3. The molecule has 1 atom stereocenters. The van der Waals surface area contributed by atoms with E-state index in [2.05, 4.69) is 4.98 Å². The highest BCUT2D eigenvalue weighted by molar-refractivity contribution is 7.86. The molecule has 0 spiro atoms. The zero-order valence-corrected chi connectivity index (χ0v) is 14.0. The Kier molecular flexibility index (Phi) is 4.54. The van der Waals surface area contributed by atoms with Gasteiger partial charge in [0.15, 0.2) is 0 Å². The number of aryl methyl sites for hydroxylation is 2. The summed E-state index contributed by atoms with van der Waals surface area (Å²) in [7, 11) is -1.41. The molecule has 0 saturated carbocycles. The van der Waals surface area contributed by atoms with Gasteiger partial charge in [-0.1, -0.05) is 0 Å². The lowest BCUT2D eigenvalue weighted by atomic mass is 9.99. The van der Waals surface area contributed by atoms with Crippen LogP contribution in [0.5, 0.6) is 0 Å². The fourth-order valence-corrected chi connectivity index (χ4v) is 4.98. The van der Waals surface area contributed by atoms with E-state index in [-0.39, 0.29) is 5.92 Å². The van der Waals surface area contributed by atoms with Gasteiger partial charge in [0.25, 0.3) is 10.2 Å². The van der Waals surface area contributed by atoms with Gasteiger partial charge in [-0.3, -0.25) is 0 Å². The third-order valence-electron chi connectivity index (χ3n) is 4.40. The van der Waals surface area contributed by atoms with E-state index < -0.39 is 10.2 Å². The molecular weight excluding hydrogens is 304 g/mol. The average Bonchev–Trinajstić information content (AvgIpc) is 2.87. The van der Waals surface area contributed by atoms with Crippen molar-refractivity contribution in [2.24, 2.45) is 7.05 Å². The summed E-state index contributed by atoms with van der Waals surface area (Å²) in [5.74, 6) is 1.16. The van der Waals surface area contributed by atoms with E-state index in [1.54, 1.807) is 8.61 Å². The van der Waals surface area contributed by atoms with Crippen LogP contribution in [-0.4, -0.2) is 66.0 Å². The Labute approximate surface area is 132 Å². The monoisotopic (exact) mass is 328 g/mol. The van der Waals surface area contributed by atoms with Crippen molar-refractivity contribution in [2.45, 2.75) is 25.7 Å². The minimum absolute atomic E-state index is 0.170. The molecule has 3 rings (SSSR count). The Morgan fingerprint density at radius 2 is 1.95 bits per heavy atom. The molecule has 1 aromatic rings. The maximum atomic E-state index is 12.8. The van der Waals surface area contributed by atoms with E-state index >= 15 is 0 Å². The maximum absolute atomic E-state index is 12.8. The summed E-state index contributed by atoms with van der Waals surface area (Å²) in [5, 5.41) is 0. The van der Waals surface area contributed by atoms with Crippen LogP contribution in [0, 0.1) is 6.92 Å². The zero-order valence-electron chi connectivity index (χ0n) is 13.2. The summed E-state index contributed by atoms with van der Waals surface area (Å²) in [6, 6.07) is 0. The second-order valence-electron chi connectivity index (χ2n) is 6.07. The van der Waals surface area contributed by atoms with E-state index in [9.17, 15) is 8.42 Å². The summed E-state index contributed by atoms with van der Waals surface area (Å²) in [4.78, 5) is 4.57. The topological polar surface area (TPSA) is 67.7 Å². The number of aromatic nitrogens is 2. The van der Waals surface area contributed by atoms with Crippen LogP contribution < -0.4 is 0 Å². The molecule has 2 aliphatic heterocycles. The van der Waals surface area contributed by atoms with Crippen molar-refractivity contribution in [1.29, 1.82) is 0 Å². The van der Waals surface area contributed by atoms with Gasteiger partial charge >= 0.3 is 0 Å². The Balaban J connectivity index is 1.76. The number of ether oxygens (including phenoxy) is 1. The third kappa shape index (κ3) is 3.05. The van der Waals surface area contributed by atoms with E-state index in [1.807, 2.05) is 24.7 Å². The van der Waals surface area contributed by atoms with Crippen LogP contribution >= 0.6 is 0 Å². The Bertz CT molecular complexity index is 622. The van der Waals surface area contributed by atoms with Gasteiger partial charge in [0.05, 0.1) is 18.9 Å². The molecule has 22 heavy (non-hydrogen) atoms. The van der Waals surface area contributed by atoms with E-state index in [1.165, 1.54) is 0 Å². The van der Waals surface area contributed by atoms with Gasteiger partial charge in [-0.05, 0) is 19.8 Å². The number of imidazole rings is 1. The Hall–Kier alpha value is -0.960. The minimum atomic E-state index is -3.38. The first-order valence-electron chi connectivity index (χ1n) is 7.81. The van der Waals surface area contributed by atoms with Gasteiger partial charge in [0, 0.05) is 45.3 Å². The zero-order chi connectivity index (χ0) is 15.7. The van der Waals surface area contributed by atoms with Crippen LogP contribution in [0.1, 0.15) is 30.3 Å². The van der Waals surface area contributed by atoms with E-state index in [0.29, 0.717) is 39.4 Å². The molecule has 0 aliphatic carbocycles. The summed E-state index contributed by atoms with van der Waals surface area (Å²) in [6.07, 6.45) is 3.85. The molecule has 2 saturated heterocycles. The smallest absolute Gasteiger partial charge is 0.282 e. The van der Waals surface area contributed by atoms with Gasteiger partial charge < -0.3 is 9.30 Å². The summed E-state index contributed by atoms with van der Waals surface area (Å²) < 4.78 is 36.0. The Morgan fingerprint density at radius 3 is 2.59 bits per heavy atom. The van der Waals surface area contributed by atoms with Gasteiger partial charge in [-0.25, -0.2) is 4.98 Å². The number of nitrogens with zero attached hydrogens (tertiary/aromatic N) is 4. The van der Waals surface area contributed by atoms with Crippen LogP contribution in [0.3, 0.4) is 0 Å². The predicted octanol–water partition coefficient (Wildman–Crippen LogP) is 0.485. The van der Waals surface area contributed by atoms with Crippen molar-refractivity contribution in [2.75, 3.05) is 39.4 Å². The van der Waals surface area contributed by atoms with Crippen molar-refractivity contribution in [3.63, 3.8) is 0 Å². The van der Waals surface area contributed by atoms with E-state index in [4.69, 9.17) is 4.74 Å². The van der Waals surface area contributed by atoms with Crippen molar-refractivity contribution in [1.82, 2.24) is 18.2 Å². The highest BCUT2D eigenvalue weighted by atomic mass is 32.2. The fourth-order valence-electron chi connectivity index (χ4n) is 3.32. The van der Waals surface area contributed by atoms with Crippen molar-refractivity contribution < 1.29 is 13.2 Å². The molecular formula is C14H24N4O3S. The molecule has 0 N–H and O–H groups in total. The summed E-state index contributed by atoms with van der Waals surface area (Å²) in [5.41, 5.74) is 0.977. The second kappa shape index (κ2) is 6.27. The normalized spacial score (nSPS) is 25.5. The molecule has 1 unspecified atom stereocenters. The SMILES string of the molecule is Cc1cn(C)c(C2CCCN(S(=O)(=O)N3CCOCC3)C2)n1.